The zero-order valence-corrected chi connectivity index (χ0v) is 44.8. The summed E-state index contributed by atoms with van der Waals surface area (Å²) in [5.41, 5.74) is 21.2. The van der Waals surface area contributed by atoms with Crippen molar-refractivity contribution in [3.63, 3.8) is 0 Å². The Kier molecular flexibility index (Phi) is 12.6. The number of anilines is 4. The van der Waals surface area contributed by atoms with Gasteiger partial charge in [-0.1, -0.05) is 244 Å². The summed E-state index contributed by atoms with van der Waals surface area (Å²) in [5, 5.41) is 0. The number of hydrogen-bond acceptors (Lipinski definition) is 2. The van der Waals surface area contributed by atoms with Gasteiger partial charge in [-0.3, -0.25) is 0 Å². The number of allylic oxidation sites excluding steroid dienone is 9. The molecule has 0 fully saturated rings. The zero-order valence-electron chi connectivity index (χ0n) is 44.8. The van der Waals surface area contributed by atoms with Crippen molar-refractivity contribution in [2.45, 2.75) is 56.4 Å². The maximum absolute atomic E-state index is 2.51. The number of rotatable bonds is 12. The predicted octanol–water partition coefficient (Wildman–Crippen LogP) is 19.7. The Hall–Kier alpha value is -8.98. The van der Waals surface area contributed by atoms with Crippen LogP contribution >= 0.6 is 0 Å². The van der Waals surface area contributed by atoms with Gasteiger partial charge in [0.05, 0.1) is 11.0 Å². The van der Waals surface area contributed by atoms with Crippen molar-refractivity contribution in [3.05, 3.63) is 330 Å². The first-order chi connectivity index (χ1) is 38.3. The molecule has 0 amide bonds. The van der Waals surface area contributed by atoms with E-state index in [9.17, 15) is 0 Å². The van der Waals surface area contributed by atoms with Crippen LogP contribution in [0.5, 0.6) is 0 Å². The van der Waals surface area contributed by atoms with E-state index in [2.05, 4.69) is 322 Å². The van der Waals surface area contributed by atoms with Crippen LogP contribution < -0.4 is 9.80 Å². The highest BCUT2D eigenvalue weighted by atomic mass is 15.2. The SMILES string of the molecule is CC1C=C(c2cc(-c3ccc(N(c4ccc(-c5ccccc5)cc4)C4(C)C=CC=CC4)cc3)cc(C3(C)C=CC(N(c4ccccc4)c4ccc5c(c4)C(c4ccccc4)(c4ccccc4)c4ccccc4-5)=CC3)c2)C=CC1. The van der Waals surface area contributed by atoms with Gasteiger partial charge in [0.1, 0.15) is 0 Å². The van der Waals surface area contributed by atoms with Gasteiger partial charge >= 0.3 is 0 Å². The molecule has 0 bridgehead atoms. The van der Waals surface area contributed by atoms with Gasteiger partial charge in [-0.15, -0.1) is 0 Å². The second-order valence-electron chi connectivity index (χ2n) is 22.2. The van der Waals surface area contributed by atoms with Crippen molar-refractivity contribution in [1.82, 2.24) is 0 Å². The maximum atomic E-state index is 2.51. The smallest absolute Gasteiger partial charge is 0.0714 e. The van der Waals surface area contributed by atoms with Gasteiger partial charge in [-0.05, 0) is 165 Å². The molecular formula is C76H64N2. The Balaban J connectivity index is 0.873. The van der Waals surface area contributed by atoms with Gasteiger partial charge in [0.2, 0.25) is 0 Å². The average Bonchev–Trinajstić information content (AvgIpc) is 3.93. The largest absolute Gasteiger partial charge is 0.332 e. The van der Waals surface area contributed by atoms with Gasteiger partial charge < -0.3 is 9.80 Å². The molecule has 2 nitrogen and oxygen atoms in total. The summed E-state index contributed by atoms with van der Waals surface area (Å²) >= 11 is 0. The lowest BCUT2D eigenvalue weighted by molar-refractivity contribution is 0.570. The molecule has 0 radical (unpaired) electrons. The van der Waals surface area contributed by atoms with Gasteiger partial charge in [0.15, 0.2) is 0 Å². The van der Waals surface area contributed by atoms with Gasteiger partial charge in [0.25, 0.3) is 0 Å². The number of para-hydroxylation sites is 1. The first-order valence-electron chi connectivity index (χ1n) is 27.8. The summed E-state index contributed by atoms with van der Waals surface area (Å²) in [4.78, 5) is 4.97. The molecule has 78 heavy (non-hydrogen) atoms. The van der Waals surface area contributed by atoms with Gasteiger partial charge in [0, 0.05) is 33.9 Å². The monoisotopic (exact) mass is 1000 g/mol. The molecule has 0 saturated heterocycles. The molecule has 3 atom stereocenters. The number of fused-ring (bicyclic) bond motifs is 3. The van der Waals surface area contributed by atoms with Crippen molar-refractivity contribution in [3.8, 4) is 33.4 Å². The number of benzene rings is 9. The fraction of sp³-hybridized carbons (Fsp3) is 0.132. The van der Waals surface area contributed by atoms with Crippen molar-refractivity contribution < 1.29 is 0 Å². The summed E-state index contributed by atoms with van der Waals surface area (Å²) in [6, 6.07) is 85.6. The Morgan fingerprint density at radius 3 is 1.63 bits per heavy atom. The standard InChI is InChI=1S/C76H64N2/c1-55-22-21-25-59(50-55)61-51-60(58-36-40-68(41-37-58)78(75(3)46-19-8-20-47-75)67-38-34-57(35-39-67)56-23-9-4-10-24-56)52-64(53-61)74(2)48-44-66(45-49-74)77(65-30-15-7-16-31-65)69-42-43-71-70-32-17-18-33-72(70)76(73(71)54-69,62-26-11-5-12-27-62)63-28-13-6-14-29-63/h4-21,23-46,48,50-55H,22,47,49H2,1-3H3. The van der Waals surface area contributed by atoms with Crippen LogP contribution in [0.4, 0.5) is 22.7 Å². The molecule has 4 aliphatic carbocycles. The van der Waals surface area contributed by atoms with E-state index < -0.39 is 5.41 Å². The quantitative estimate of drug-likeness (QED) is 0.120. The molecule has 0 saturated carbocycles. The molecule has 378 valence electrons. The lowest BCUT2D eigenvalue weighted by Crippen LogP contribution is -2.42. The van der Waals surface area contributed by atoms with Crippen LogP contribution in [-0.2, 0) is 10.8 Å². The summed E-state index contributed by atoms with van der Waals surface area (Å²) in [5.74, 6) is 0.479. The predicted molar refractivity (Wildman–Crippen MR) is 330 cm³/mol. The number of hydrogen-bond donors (Lipinski definition) is 0. The third-order valence-corrected chi connectivity index (χ3v) is 17.0. The second kappa shape index (κ2) is 20.2. The average molecular weight is 1010 g/mol. The fourth-order valence-corrected chi connectivity index (χ4v) is 12.9. The van der Waals surface area contributed by atoms with Crippen LogP contribution in [-0.4, -0.2) is 5.54 Å². The zero-order chi connectivity index (χ0) is 52.7. The highest BCUT2D eigenvalue weighted by Gasteiger charge is 2.46. The highest BCUT2D eigenvalue weighted by Crippen LogP contribution is 2.57. The Morgan fingerprint density at radius 1 is 0.423 bits per heavy atom. The molecule has 9 aromatic rings. The highest BCUT2D eigenvalue weighted by molar-refractivity contribution is 5.89. The minimum Gasteiger partial charge on any atom is -0.332 e. The van der Waals surface area contributed by atoms with Crippen molar-refractivity contribution >= 4 is 28.3 Å². The second-order valence-corrected chi connectivity index (χ2v) is 22.2. The van der Waals surface area contributed by atoms with E-state index in [0.29, 0.717) is 5.92 Å². The van der Waals surface area contributed by atoms with E-state index in [1.54, 1.807) is 0 Å². The Morgan fingerprint density at radius 2 is 1.00 bits per heavy atom. The van der Waals surface area contributed by atoms with Crippen molar-refractivity contribution in [2.75, 3.05) is 9.80 Å². The molecule has 4 aliphatic rings. The minimum absolute atomic E-state index is 0.236. The third-order valence-electron chi connectivity index (χ3n) is 17.0. The van der Waals surface area contributed by atoms with Crippen molar-refractivity contribution in [1.29, 1.82) is 0 Å². The van der Waals surface area contributed by atoms with Gasteiger partial charge in [-0.25, -0.2) is 0 Å². The Labute approximate surface area is 461 Å². The van der Waals surface area contributed by atoms with Gasteiger partial charge in [-0.2, -0.15) is 0 Å². The molecular weight excluding hydrogens is 941 g/mol. The van der Waals surface area contributed by atoms with E-state index in [1.807, 2.05) is 0 Å². The minimum atomic E-state index is -0.497. The molecule has 0 N–H and O–H groups in total. The van der Waals surface area contributed by atoms with Crippen LogP contribution in [0.1, 0.15) is 73.4 Å². The van der Waals surface area contributed by atoms with E-state index in [1.165, 1.54) is 83.7 Å². The molecule has 3 unspecified atom stereocenters. The molecule has 0 aromatic heterocycles. The number of nitrogens with zero attached hydrogens (tertiary/aromatic N) is 2. The summed E-state index contributed by atoms with van der Waals surface area (Å²) in [6.07, 6.45) is 26.2. The van der Waals surface area contributed by atoms with Crippen LogP contribution in [0.25, 0.3) is 39.0 Å². The summed E-state index contributed by atoms with van der Waals surface area (Å²) in [6.45, 7) is 7.08. The maximum Gasteiger partial charge on any atom is 0.0714 e. The first kappa shape index (κ1) is 48.6. The lowest BCUT2D eigenvalue weighted by Gasteiger charge is -2.42. The third kappa shape index (κ3) is 8.72. The van der Waals surface area contributed by atoms with E-state index in [0.717, 1.165) is 36.3 Å². The molecule has 0 aliphatic heterocycles. The molecule has 13 rings (SSSR count). The fourth-order valence-electron chi connectivity index (χ4n) is 12.9. The molecule has 0 heterocycles. The van der Waals surface area contributed by atoms with E-state index in [-0.39, 0.29) is 11.0 Å². The van der Waals surface area contributed by atoms with E-state index in [4.69, 9.17) is 0 Å². The molecule has 9 aromatic carbocycles. The molecule has 2 heteroatoms. The van der Waals surface area contributed by atoms with Crippen LogP contribution in [0, 0.1) is 5.92 Å². The Bertz CT molecular complexity index is 3800. The van der Waals surface area contributed by atoms with Crippen LogP contribution in [0.2, 0.25) is 0 Å². The summed E-state index contributed by atoms with van der Waals surface area (Å²) < 4.78 is 0. The summed E-state index contributed by atoms with van der Waals surface area (Å²) in [7, 11) is 0. The van der Waals surface area contributed by atoms with Crippen molar-refractivity contribution in [2.24, 2.45) is 5.92 Å². The van der Waals surface area contributed by atoms with Crippen LogP contribution in [0.3, 0.4) is 0 Å². The topological polar surface area (TPSA) is 6.48 Å². The van der Waals surface area contributed by atoms with Crippen LogP contribution in [0.15, 0.2) is 297 Å². The first-order valence-corrected chi connectivity index (χ1v) is 27.8. The van der Waals surface area contributed by atoms with E-state index >= 15 is 0 Å². The molecule has 0 spiro atoms. The normalized spacial score (nSPS) is 19.6. The lowest BCUT2D eigenvalue weighted by atomic mass is 9.67.